The van der Waals surface area contributed by atoms with Crippen molar-refractivity contribution in [3.63, 3.8) is 0 Å². The molecule has 2 aromatic heterocycles. The molecule has 1 aliphatic heterocycles. The van der Waals surface area contributed by atoms with E-state index in [9.17, 15) is 5.11 Å². The molecule has 0 amide bonds. The molecule has 3 heterocycles. The van der Waals surface area contributed by atoms with Crippen molar-refractivity contribution in [3.8, 4) is 11.6 Å². The lowest BCUT2D eigenvalue weighted by molar-refractivity contribution is 0.00375. The van der Waals surface area contributed by atoms with Crippen molar-refractivity contribution in [2.45, 2.75) is 51.3 Å². The van der Waals surface area contributed by atoms with Gasteiger partial charge in [0.2, 0.25) is 0 Å². The molecule has 30 heavy (non-hydrogen) atoms. The number of rotatable bonds is 4. The molecule has 1 fully saturated rings. The van der Waals surface area contributed by atoms with Gasteiger partial charge in [0.25, 0.3) is 0 Å². The number of nitrogens with zero attached hydrogens (tertiary/aromatic N) is 4. The third kappa shape index (κ3) is 3.48. The fraction of sp³-hybridized carbons (Fsp3) is 0.391. The molecule has 3 aromatic rings. The molecule has 1 N–H and O–H groups in total. The Labute approximate surface area is 174 Å². The Hall–Kier alpha value is -2.77. The number of fused-ring (bicyclic) bond motifs is 1. The van der Waals surface area contributed by atoms with Gasteiger partial charge in [-0.25, -0.2) is 14.1 Å². The Bertz CT molecular complexity index is 1040. The van der Waals surface area contributed by atoms with Crippen molar-refractivity contribution in [2.75, 3.05) is 6.73 Å². The van der Waals surface area contributed by atoms with Crippen molar-refractivity contribution in [2.24, 2.45) is 0 Å². The van der Waals surface area contributed by atoms with Crippen LogP contribution in [-0.4, -0.2) is 43.6 Å². The lowest BCUT2D eigenvalue weighted by Gasteiger charge is -2.35. The molecule has 0 unspecified atom stereocenters. The quantitative estimate of drug-likeness (QED) is 0.717. The molecule has 1 saturated carbocycles. The highest BCUT2D eigenvalue weighted by Gasteiger charge is 2.34. The van der Waals surface area contributed by atoms with Gasteiger partial charge in [0.05, 0.1) is 6.10 Å². The predicted octanol–water partition coefficient (Wildman–Crippen LogP) is 3.37. The van der Waals surface area contributed by atoms with Gasteiger partial charge in [-0.05, 0) is 67.5 Å². The first-order valence-electron chi connectivity index (χ1n) is 10.4. The lowest BCUT2D eigenvalue weighted by atomic mass is 9.96. The molecule has 0 radical (unpaired) electrons. The summed E-state index contributed by atoms with van der Waals surface area (Å²) in [6, 6.07) is 7.90. The summed E-state index contributed by atoms with van der Waals surface area (Å²) in [6.07, 6.45) is 8.43. The van der Waals surface area contributed by atoms with Gasteiger partial charge in [0.1, 0.15) is 6.73 Å². The van der Waals surface area contributed by atoms with Crippen molar-refractivity contribution in [3.05, 3.63) is 70.9 Å². The van der Waals surface area contributed by atoms with E-state index >= 15 is 4.39 Å². The van der Waals surface area contributed by atoms with E-state index in [1.165, 1.54) is 0 Å². The summed E-state index contributed by atoms with van der Waals surface area (Å²) >= 11 is 0. The second-order valence-corrected chi connectivity index (χ2v) is 8.20. The number of halogens is 1. The minimum atomic E-state index is -0.329. The summed E-state index contributed by atoms with van der Waals surface area (Å²) < 4.78 is 22.6. The molecule has 6 nitrogen and oxygen atoms in total. The van der Waals surface area contributed by atoms with Crippen molar-refractivity contribution in [1.29, 1.82) is 0 Å². The first-order valence-corrected chi connectivity index (χ1v) is 10.4. The zero-order valence-electron chi connectivity index (χ0n) is 17.0. The van der Waals surface area contributed by atoms with E-state index < -0.39 is 0 Å². The van der Waals surface area contributed by atoms with Crippen LogP contribution in [0.4, 0.5) is 4.39 Å². The number of pyridine rings is 1. The van der Waals surface area contributed by atoms with E-state index in [0.29, 0.717) is 31.0 Å². The van der Waals surface area contributed by atoms with E-state index in [0.717, 1.165) is 41.8 Å². The van der Waals surface area contributed by atoms with E-state index in [1.54, 1.807) is 17.8 Å². The summed E-state index contributed by atoms with van der Waals surface area (Å²) in [5.41, 5.74) is 3.39. The third-order valence-corrected chi connectivity index (χ3v) is 6.25. The summed E-state index contributed by atoms with van der Waals surface area (Å²) in [5.74, 6) is 0.818. The van der Waals surface area contributed by atoms with E-state index in [-0.39, 0.29) is 18.0 Å². The van der Waals surface area contributed by atoms with Crippen LogP contribution in [0.5, 0.6) is 5.75 Å². The maximum Gasteiger partial charge on any atom is 0.168 e. The standard InChI is InChI=1S/C23H25FN4O2/c1-15-17(10-16-6-7-21(25-12-16)28-9-3-8-26-28)11-18-13-27(14-30-23(18)22(15)24)19-4-2-5-20(19)29/h3,6-9,11-12,19-20,29H,2,4-5,10,13-14H2,1H3/t19-,20-/m0/s1. The normalized spacial score (nSPS) is 21.4. The van der Waals surface area contributed by atoms with E-state index in [4.69, 9.17) is 4.74 Å². The topological polar surface area (TPSA) is 63.4 Å². The van der Waals surface area contributed by atoms with Crippen molar-refractivity contribution in [1.82, 2.24) is 19.7 Å². The molecule has 1 aromatic carbocycles. The van der Waals surface area contributed by atoms with Crippen LogP contribution in [0.2, 0.25) is 0 Å². The first kappa shape index (κ1) is 19.2. The summed E-state index contributed by atoms with van der Waals surface area (Å²) in [7, 11) is 0. The fourth-order valence-corrected chi connectivity index (χ4v) is 4.55. The van der Waals surface area contributed by atoms with Gasteiger partial charge in [-0.2, -0.15) is 5.10 Å². The Morgan fingerprint density at radius 3 is 2.90 bits per heavy atom. The number of aliphatic hydroxyl groups excluding tert-OH is 1. The molecule has 0 bridgehead atoms. The minimum Gasteiger partial charge on any atom is -0.475 e. The largest absolute Gasteiger partial charge is 0.475 e. The number of ether oxygens (including phenoxy) is 1. The molecule has 2 aliphatic rings. The van der Waals surface area contributed by atoms with Crippen molar-refractivity contribution < 1.29 is 14.2 Å². The first-order chi connectivity index (χ1) is 14.6. The van der Waals surface area contributed by atoms with E-state index in [2.05, 4.69) is 15.0 Å². The minimum absolute atomic E-state index is 0.0880. The summed E-state index contributed by atoms with van der Waals surface area (Å²) in [4.78, 5) is 6.60. The zero-order chi connectivity index (χ0) is 20.7. The number of hydrogen-bond donors (Lipinski definition) is 1. The number of benzene rings is 1. The summed E-state index contributed by atoms with van der Waals surface area (Å²) in [6.45, 7) is 2.72. The molecule has 1 aliphatic carbocycles. The fourth-order valence-electron chi connectivity index (χ4n) is 4.55. The summed E-state index contributed by atoms with van der Waals surface area (Å²) in [5, 5.41) is 14.4. The number of hydrogen-bond acceptors (Lipinski definition) is 5. The average Bonchev–Trinajstić information content (AvgIpc) is 3.44. The van der Waals surface area contributed by atoms with Gasteiger partial charge in [-0.3, -0.25) is 4.90 Å². The number of aliphatic hydroxyl groups is 1. The van der Waals surface area contributed by atoms with Gasteiger partial charge < -0.3 is 9.84 Å². The third-order valence-electron chi connectivity index (χ3n) is 6.25. The van der Waals surface area contributed by atoms with Gasteiger partial charge in [0, 0.05) is 36.7 Å². The van der Waals surface area contributed by atoms with Crippen LogP contribution in [0.1, 0.15) is 41.5 Å². The van der Waals surface area contributed by atoms with Gasteiger partial charge in [-0.15, -0.1) is 0 Å². The molecule has 5 rings (SSSR count). The Morgan fingerprint density at radius 2 is 2.20 bits per heavy atom. The zero-order valence-corrected chi connectivity index (χ0v) is 17.0. The Morgan fingerprint density at radius 1 is 1.30 bits per heavy atom. The van der Waals surface area contributed by atoms with Crippen LogP contribution in [0.3, 0.4) is 0 Å². The second kappa shape index (κ2) is 7.81. The number of aromatic nitrogens is 3. The lowest BCUT2D eigenvalue weighted by Crippen LogP contribution is -2.44. The Balaban J connectivity index is 1.39. The van der Waals surface area contributed by atoms with Crippen LogP contribution in [0.15, 0.2) is 42.9 Å². The van der Waals surface area contributed by atoms with Gasteiger partial charge in [0.15, 0.2) is 17.4 Å². The van der Waals surface area contributed by atoms with Gasteiger partial charge in [-0.1, -0.05) is 6.07 Å². The van der Waals surface area contributed by atoms with Crippen LogP contribution < -0.4 is 4.74 Å². The Kier molecular flexibility index (Phi) is 5.00. The predicted molar refractivity (Wildman–Crippen MR) is 110 cm³/mol. The van der Waals surface area contributed by atoms with E-state index in [1.807, 2.05) is 36.7 Å². The average molecular weight is 408 g/mol. The maximum atomic E-state index is 15.1. The maximum absolute atomic E-state index is 15.1. The molecular formula is C23H25FN4O2. The van der Waals surface area contributed by atoms with Crippen LogP contribution in [0, 0.1) is 12.7 Å². The van der Waals surface area contributed by atoms with Crippen LogP contribution in [0.25, 0.3) is 5.82 Å². The monoisotopic (exact) mass is 408 g/mol. The second-order valence-electron chi connectivity index (χ2n) is 8.20. The van der Waals surface area contributed by atoms with Crippen molar-refractivity contribution >= 4 is 0 Å². The molecule has 0 saturated heterocycles. The molecule has 156 valence electrons. The molecule has 2 atom stereocenters. The van der Waals surface area contributed by atoms with Crippen LogP contribution >= 0.6 is 0 Å². The van der Waals surface area contributed by atoms with Crippen LogP contribution in [-0.2, 0) is 13.0 Å². The van der Waals surface area contributed by atoms with Gasteiger partial charge >= 0.3 is 0 Å². The molecule has 7 heteroatoms. The SMILES string of the molecule is Cc1c(Cc2ccc(-n3cccn3)nc2)cc2c(c1F)OCN([C@H]1CCC[C@@H]1O)C2. The smallest absolute Gasteiger partial charge is 0.168 e. The highest BCUT2D eigenvalue weighted by atomic mass is 19.1. The highest BCUT2D eigenvalue weighted by molar-refractivity contribution is 5.46. The molecule has 0 spiro atoms. The highest BCUT2D eigenvalue weighted by Crippen LogP contribution is 2.36. The molecular weight excluding hydrogens is 383 g/mol.